The lowest BCUT2D eigenvalue weighted by Gasteiger charge is -2.34. The molecule has 2 aliphatic rings. The van der Waals surface area contributed by atoms with E-state index in [0.717, 1.165) is 45.7 Å². The molecule has 2 aromatic rings. The largest absolute Gasteiger partial charge is 0.462 e. The number of piperazine rings is 1. The molecule has 2 aromatic carbocycles. The molecule has 0 aromatic heterocycles. The van der Waals surface area contributed by atoms with E-state index in [4.69, 9.17) is 28.6 Å². The first-order valence-electron chi connectivity index (χ1n) is 13.7. The highest BCUT2D eigenvalue weighted by Crippen LogP contribution is 2.28. The number of nitrogens with zero attached hydrogens (tertiary/aromatic N) is 4. The molecule has 0 unspecified atom stereocenters. The molecule has 9 nitrogen and oxygen atoms in total. The van der Waals surface area contributed by atoms with Gasteiger partial charge in [0.15, 0.2) is 5.11 Å². The van der Waals surface area contributed by atoms with E-state index in [9.17, 15) is 14.4 Å². The predicted octanol–water partition coefficient (Wildman–Crippen LogP) is 3.88. The summed E-state index contributed by atoms with van der Waals surface area (Å²) in [7, 11) is 0. The van der Waals surface area contributed by atoms with E-state index in [2.05, 4.69) is 22.0 Å². The van der Waals surface area contributed by atoms with Crippen LogP contribution in [0, 0.1) is 0 Å². The molecule has 2 aliphatic heterocycles. The maximum atomic E-state index is 13.7. The van der Waals surface area contributed by atoms with Crippen LogP contribution in [0.1, 0.15) is 37.0 Å². The number of hydrogen-bond acceptors (Lipinski definition) is 7. The van der Waals surface area contributed by atoms with E-state index in [1.54, 1.807) is 55.5 Å². The Labute approximate surface area is 246 Å². The summed E-state index contributed by atoms with van der Waals surface area (Å²) in [6.07, 6.45) is 0.763. The molecule has 0 bridgehead atoms. The number of thiocarbonyl (C=S) groups is 1. The minimum absolute atomic E-state index is 0.0474. The van der Waals surface area contributed by atoms with Crippen molar-refractivity contribution in [2.24, 2.45) is 0 Å². The van der Waals surface area contributed by atoms with E-state index in [1.165, 1.54) is 4.90 Å². The van der Waals surface area contributed by atoms with Gasteiger partial charge in [-0.2, -0.15) is 0 Å². The fraction of sp³-hybridized carbons (Fsp3) is 0.448. The summed E-state index contributed by atoms with van der Waals surface area (Å²) in [6, 6.07) is 12.7. The highest BCUT2D eigenvalue weighted by Gasteiger charge is 2.44. The van der Waals surface area contributed by atoms with Gasteiger partial charge in [-0.15, -0.1) is 0 Å². The Morgan fingerprint density at radius 3 is 2.25 bits per heavy atom. The van der Waals surface area contributed by atoms with Crippen LogP contribution in [0.25, 0.3) is 0 Å². The van der Waals surface area contributed by atoms with Gasteiger partial charge < -0.3 is 24.8 Å². The van der Waals surface area contributed by atoms with Crippen LogP contribution in [-0.4, -0.2) is 96.1 Å². The number of anilines is 2. The molecule has 214 valence electrons. The standard InChI is InChI=1S/C29H36ClN5O4S/c1-3-32-16-18-33(19-17-32)14-5-15-34-25(20-26(36)31-23-10-8-22(30)9-11-23)27(37)35(29(34)40)24-12-6-21(7-13-24)28(38)39-4-2/h6-13,25H,3-5,14-20H2,1-2H3,(H,31,36)/t25-/m0/s1. The van der Waals surface area contributed by atoms with E-state index in [1.807, 2.05) is 4.90 Å². The minimum Gasteiger partial charge on any atom is -0.462 e. The maximum Gasteiger partial charge on any atom is 0.338 e. The third-order valence-electron chi connectivity index (χ3n) is 7.25. The molecule has 2 amide bonds. The van der Waals surface area contributed by atoms with Crippen LogP contribution >= 0.6 is 23.8 Å². The molecule has 0 radical (unpaired) electrons. The molecular formula is C29H36ClN5O4S. The van der Waals surface area contributed by atoms with Gasteiger partial charge in [0.05, 0.1) is 24.3 Å². The summed E-state index contributed by atoms with van der Waals surface area (Å²) < 4.78 is 5.06. The number of benzene rings is 2. The third-order valence-corrected chi connectivity index (χ3v) is 7.92. The van der Waals surface area contributed by atoms with E-state index < -0.39 is 12.0 Å². The lowest BCUT2D eigenvalue weighted by Crippen LogP contribution is -2.47. The Morgan fingerprint density at radius 2 is 1.62 bits per heavy atom. The fourth-order valence-corrected chi connectivity index (χ4v) is 5.54. The van der Waals surface area contributed by atoms with Gasteiger partial charge in [-0.3, -0.25) is 14.5 Å². The van der Waals surface area contributed by atoms with Gasteiger partial charge >= 0.3 is 5.97 Å². The van der Waals surface area contributed by atoms with Gasteiger partial charge in [-0.05, 0) is 87.2 Å². The first-order valence-corrected chi connectivity index (χ1v) is 14.5. The molecule has 0 saturated carbocycles. The Hall–Kier alpha value is -3.05. The van der Waals surface area contributed by atoms with Gasteiger partial charge in [-0.1, -0.05) is 18.5 Å². The number of rotatable bonds is 11. The molecule has 2 fully saturated rings. The Kier molecular flexibility index (Phi) is 10.5. The van der Waals surface area contributed by atoms with Crippen molar-refractivity contribution in [1.29, 1.82) is 0 Å². The van der Waals surface area contributed by atoms with Crippen molar-refractivity contribution in [3.8, 4) is 0 Å². The first kappa shape index (κ1) is 29.9. The number of hydrogen-bond donors (Lipinski definition) is 1. The predicted molar refractivity (Wildman–Crippen MR) is 161 cm³/mol. The summed E-state index contributed by atoms with van der Waals surface area (Å²) in [5, 5.41) is 3.78. The van der Waals surface area contributed by atoms with Gasteiger partial charge in [0, 0.05) is 43.4 Å². The number of ether oxygens (including phenoxy) is 1. The first-order chi connectivity index (χ1) is 19.3. The average Bonchev–Trinajstić information content (AvgIpc) is 3.18. The van der Waals surface area contributed by atoms with Gasteiger partial charge in [0.1, 0.15) is 6.04 Å². The van der Waals surface area contributed by atoms with Crippen molar-refractivity contribution in [3.63, 3.8) is 0 Å². The van der Waals surface area contributed by atoms with Crippen LogP contribution in [0.3, 0.4) is 0 Å². The van der Waals surface area contributed by atoms with Crippen molar-refractivity contribution in [1.82, 2.24) is 14.7 Å². The smallest absolute Gasteiger partial charge is 0.338 e. The minimum atomic E-state index is -0.735. The van der Waals surface area contributed by atoms with Crippen LogP contribution in [0.2, 0.25) is 5.02 Å². The number of nitrogens with one attached hydrogen (secondary N) is 1. The molecule has 40 heavy (non-hydrogen) atoms. The highest BCUT2D eigenvalue weighted by molar-refractivity contribution is 7.80. The lowest BCUT2D eigenvalue weighted by atomic mass is 10.1. The second-order valence-electron chi connectivity index (χ2n) is 9.82. The molecule has 2 saturated heterocycles. The van der Waals surface area contributed by atoms with E-state index in [-0.39, 0.29) is 24.8 Å². The molecule has 2 heterocycles. The molecule has 11 heteroatoms. The zero-order valence-corrected chi connectivity index (χ0v) is 24.5. The molecule has 4 rings (SSSR count). The summed E-state index contributed by atoms with van der Waals surface area (Å²) >= 11 is 11.8. The lowest BCUT2D eigenvalue weighted by molar-refractivity contribution is -0.124. The van der Waals surface area contributed by atoms with Crippen LogP contribution in [0.15, 0.2) is 48.5 Å². The maximum absolute atomic E-state index is 13.7. The SMILES string of the molecule is CCOC(=O)c1ccc(N2C(=O)[C@H](CC(=O)Nc3ccc(Cl)cc3)N(CCCN3CCN(CC)CC3)C2=S)cc1. The van der Waals surface area contributed by atoms with Gasteiger partial charge in [0.2, 0.25) is 5.91 Å². The van der Waals surface area contributed by atoms with Crippen molar-refractivity contribution < 1.29 is 19.1 Å². The normalized spacial score (nSPS) is 18.3. The number of halogens is 1. The van der Waals surface area contributed by atoms with Crippen molar-refractivity contribution in [2.75, 3.05) is 62.6 Å². The molecule has 0 spiro atoms. The van der Waals surface area contributed by atoms with E-state index >= 15 is 0 Å². The Morgan fingerprint density at radius 1 is 0.975 bits per heavy atom. The van der Waals surface area contributed by atoms with Crippen molar-refractivity contribution >= 4 is 58.1 Å². The van der Waals surface area contributed by atoms with Crippen LogP contribution in [-0.2, 0) is 14.3 Å². The zero-order chi connectivity index (χ0) is 28.6. The second-order valence-corrected chi connectivity index (χ2v) is 10.6. The highest BCUT2D eigenvalue weighted by atomic mass is 35.5. The quantitative estimate of drug-likeness (QED) is 0.314. The third kappa shape index (κ3) is 7.37. The molecule has 1 N–H and O–H groups in total. The second kappa shape index (κ2) is 14.0. The van der Waals surface area contributed by atoms with Crippen LogP contribution < -0.4 is 10.2 Å². The number of esters is 1. The number of amides is 2. The number of carbonyl (C=O) groups is 3. The monoisotopic (exact) mass is 585 g/mol. The van der Waals surface area contributed by atoms with Crippen molar-refractivity contribution in [2.45, 2.75) is 32.7 Å². The van der Waals surface area contributed by atoms with Gasteiger partial charge in [-0.25, -0.2) is 4.79 Å². The summed E-state index contributed by atoms with van der Waals surface area (Å²) in [6.45, 7) is 10.9. The number of carbonyl (C=O) groups excluding carboxylic acids is 3. The molecule has 1 atom stereocenters. The van der Waals surface area contributed by atoms with Crippen molar-refractivity contribution in [3.05, 3.63) is 59.1 Å². The Bertz CT molecular complexity index is 1200. The Balaban J connectivity index is 1.47. The summed E-state index contributed by atoms with van der Waals surface area (Å²) in [5.41, 5.74) is 1.54. The number of likely N-dealkylation sites (N-methyl/N-ethyl adjacent to an activating group) is 1. The molecular weight excluding hydrogens is 550 g/mol. The zero-order valence-electron chi connectivity index (χ0n) is 23.0. The summed E-state index contributed by atoms with van der Waals surface area (Å²) in [5.74, 6) is -0.983. The summed E-state index contributed by atoms with van der Waals surface area (Å²) in [4.78, 5) is 47.0. The average molecular weight is 586 g/mol. The van der Waals surface area contributed by atoms with E-state index in [0.29, 0.717) is 33.6 Å². The van der Waals surface area contributed by atoms with Crippen LogP contribution in [0.5, 0.6) is 0 Å². The topological polar surface area (TPSA) is 85.4 Å². The fourth-order valence-electron chi connectivity index (χ4n) is 5.00. The molecule has 0 aliphatic carbocycles. The van der Waals surface area contributed by atoms with Gasteiger partial charge in [0.25, 0.3) is 5.91 Å². The van der Waals surface area contributed by atoms with Crippen LogP contribution in [0.4, 0.5) is 11.4 Å².